The molecule has 0 spiro atoms. The summed E-state index contributed by atoms with van der Waals surface area (Å²) in [4.78, 5) is 53.3. The van der Waals surface area contributed by atoms with Crippen LogP contribution in [-0.2, 0) is 23.9 Å². The predicted octanol–water partition coefficient (Wildman–Crippen LogP) is 7.14. The molecule has 8 aliphatic rings. The molecule has 8 aliphatic carbocycles. The molecule has 41 heavy (non-hydrogen) atoms. The summed E-state index contributed by atoms with van der Waals surface area (Å²) in [5.41, 5.74) is -0.831. The van der Waals surface area contributed by atoms with Crippen LogP contribution in [0, 0.1) is 69.5 Å². The van der Waals surface area contributed by atoms with Crippen LogP contribution in [0.5, 0.6) is 0 Å². The first-order valence-corrected chi connectivity index (χ1v) is 17.1. The van der Waals surface area contributed by atoms with E-state index in [0.29, 0.717) is 43.7 Å². The average molecular weight is 565 g/mol. The van der Waals surface area contributed by atoms with Crippen LogP contribution >= 0.6 is 0 Å². The Kier molecular flexibility index (Phi) is 6.37. The number of Topliss-reactive ketones (excluding diaryl/α,β-unsaturated/α-hetero) is 3. The molecule has 0 aromatic heterocycles. The van der Waals surface area contributed by atoms with Crippen molar-refractivity contribution in [3.05, 3.63) is 0 Å². The number of ketones is 3. The van der Waals surface area contributed by atoms with E-state index in [1.165, 1.54) is 32.1 Å². The molecule has 0 aliphatic heterocycles. The lowest BCUT2D eigenvalue weighted by molar-refractivity contribution is -0.176. The maximum absolute atomic E-state index is 14.1. The molecule has 10 atom stereocenters. The summed E-state index contributed by atoms with van der Waals surface area (Å²) in [5, 5.41) is 0. The van der Waals surface area contributed by atoms with Gasteiger partial charge in [0.25, 0.3) is 0 Å². The Morgan fingerprint density at radius 2 is 1.68 bits per heavy atom. The molecule has 8 rings (SSSR count). The van der Waals surface area contributed by atoms with Crippen molar-refractivity contribution in [2.75, 3.05) is 0 Å². The fraction of sp³-hybridized carbons (Fsp3) is 0.889. The maximum Gasteiger partial charge on any atom is 0.306 e. The van der Waals surface area contributed by atoms with Crippen molar-refractivity contribution in [1.82, 2.24) is 0 Å². The molecule has 0 heterocycles. The van der Waals surface area contributed by atoms with Gasteiger partial charge in [-0.15, -0.1) is 0 Å². The summed E-state index contributed by atoms with van der Waals surface area (Å²) >= 11 is 0. The van der Waals surface area contributed by atoms with E-state index >= 15 is 0 Å². The quantitative estimate of drug-likeness (QED) is 0.321. The molecular weight excluding hydrogens is 512 g/mol. The largest absolute Gasteiger partial charge is 0.459 e. The van der Waals surface area contributed by atoms with Crippen molar-refractivity contribution in [1.29, 1.82) is 0 Å². The topological polar surface area (TPSA) is 77.5 Å². The zero-order chi connectivity index (χ0) is 29.1. The number of ether oxygens (including phenoxy) is 1. The van der Waals surface area contributed by atoms with E-state index in [1.807, 2.05) is 0 Å². The molecule has 10 unspecified atom stereocenters. The van der Waals surface area contributed by atoms with E-state index < -0.39 is 11.0 Å². The van der Waals surface area contributed by atoms with Gasteiger partial charge in [-0.1, -0.05) is 20.8 Å². The van der Waals surface area contributed by atoms with Gasteiger partial charge in [-0.05, 0) is 124 Å². The second-order valence-corrected chi connectivity index (χ2v) is 17.2. The first-order valence-electron chi connectivity index (χ1n) is 17.1. The van der Waals surface area contributed by atoms with Crippen LogP contribution in [0.3, 0.4) is 0 Å². The lowest BCUT2D eigenvalue weighted by Crippen LogP contribution is -2.60. The van der Waals surface area contributed by atoms with E-state index in [2.05, 4.69) is 34.6 Å². The standard InChI is InChI=1S/C36H52O5/c1-20(6-9-31(40)41-33(2,3)36-17-21-12-22(18-36)23(13-21)19-36)26-7-8-27-32-28(16-30(39)35(26,27)5)34(4)11-10-25(37)14-24(34)15-29(32)38/h20-24,26-28,32H,6-19H2,1-5H3. The van der Waals surface area contributed by atoms with Crippen molar-refractivity contribution in [3.8, 4) is 0 Å². The monoisotopic (exact) mass is 564 g/mol. The number of carbonyl (C=O) groups is 4. The average Bonchev–Trinajstić information content (AvgIpc) is 3.49. The molecule has 0 N–H and O–H groups in total. The van der Waals surface area contributed by atoms with Crippen LogP contribution in [0.1, 0.15) is 125 Å². The third-order valence-electron chi connectivity index (χ3n) is 15.3. The van der Waals surface area contributed by atoms with E-state index in [0.717, 1.165) is 43.4 Å². The highest BCUT2D eigenvalue weighted by atomic mass is 16.6. The molecular formula is C36H52O5. The highest BCUT2D eigenvalue weighted by Gasteiger charge is 2.66. The third kappa shape index (κ3) is 3.98. The molecule has 4 bridgehead atoms. The summed E-state index contributed by atoms with van der Waals surface area (Å²) in [6.07, 6.45) is 12.4. The Morgan fingerprint density at radius 3 is 2.37 bits per heavy atom. The predicted molar refractivity (Wildman–Crippen MR) is 156 cm³/mol. The number of rotatable bonds is 6. The molecule has 226 valence electrons. The Hall–Kier alpha value is -1.52. The van der Waals surface area contributed by atoms with Gasteiger partial charge < -0.3 is 4.74 Å². The smallest absolute Gasteiger partial charge is 0.306 e. The van der Waals surface area contributed by atoms with Crippen LogP contribution in [-0.4, -0.2) is 28.9 Å². The van der Waals surface area contributed by atoms with Gasteiger partial charge in [0.05, 0.1) is 0 Å². The minimum Gasteiger partial charge on any atom is -0.459 e. The molecule has 0 saturated heterocycles. The number of fused-ring (bicyclic) bond motifs is 5. The van der Waals surface area contributed by atoms with Gasteiger partial charge in [0.2, 0.25) is 0 Å². The van der Waals surface area contributed by atoms with E-state index in [9.17, 15) is 19.2 Å². The van der Waals surface area contributed by atoms with Crippen LogP contribution in [0.4, 0.5) is 0 Å². The van der Waals surface area contributed by atoms with Gasteiger partial charge >= 0.3 is 5.97 Å². The molecule has 0 aromatic rings. The number of carbonyl (C=O) groups excluding carboxylic acids is 4. The second kappa shape index (κ2) is 9.24. The number of hydrogen-bond donors (Lipinski definition) is 0. The van der Waals surface area contributed by atoms with Crippen LogP contribution in [0.15, 0.2) is 0 Å². The first-order chi connectivity index (χ1) is 19.3. The van der Waals surface area contributed by atoms with E-state index in [4.69, 9.17) is 4.74 Å². The minimum absolute atomic E-state index is 0.0497. The number of esters is 1. The van der Waals surface area contributed by atoms with Gasteiger partial charge in [0.15, 0.2) is 0 Å². The van der Waals surface area contributed by atoms with Gasteiger partial charge in [0, 0.05) is 48.9 Å². The van der Waals surface area contributed by atoms with Crippen molar-refractivity contribution in [3.63, 3.8) is 0 Å². The Balaban J connectivity index is 1.02. The lowest BCUT2D eigenvalue weighted by atomic mass is 9.44. The van der Waals surface area contributed by atoms with Gasteiger partial charge in [-0.25, -0.2) is 0 Å². The molecule has 0 radical (unpaired) electrons. The first kappa shape index (κ1) is 28.3. The van der Waals surface area contributed by atoms with Crippen molar-refractivity contribution in [2.24, 2.45) is 69.5 Å². The van der Waals surface area contributed by atoms with Gasteiger partial charge in [-0.2, -0.15) is 0 Å². The molecule has 0 amide bonds. The summed E-state index contributed by atoms with van der Waals surface area (Å²) in [6, 6.07) is 0. The maximum atomic E-state index is 14.1. The molecule has 5 nitrogen and oxygen atoms in total. The van der Waals surface area contributed by atoms with Crippen molar-refractivity contribution in [2.45, 2.75) is 130 Å². The lowest BCUT2D eigenvalue weighted by Gasteiger charge is -2.58. The summed E-state index contributed by atoms with van der Waals surface area (Å²) in [5.74, 6) is 4.04. The molecule has 0 aromatic carbocycles. The van der Waals surface area contributed by atoms with Gasteiger partial charge in [0.1, 0.15) is 23.0 Å². The molecule has 5 heteroatoms. The Morgan fingerprint density at radius 1 is 0.976 bits per heavy atom. The van der Waals surface area contributed by atoms with Crippen LogP contribution < -0.4 is 0 Å². The zero-order valence-corrected chi connectivity index (χ0v) is 26.1. The summed E-state index contributed by atoms with van der Waals surface area (Å²) in [7, 11) is 0. The Labute approximate surface area is 246 Å². The number of hydrogen-bond acceptors (Lipinski definition) is 5. The molecule has 8 fully saturated rings. The Bertz CT molecular complexity index is 1150. The van der Waals surface area contributed by atoms with Crippen molar-refractivity contribution >= 4 is 23.3 Å². The van der Waals surface area contributed by atoms with Crippen molar-refractivity contribution < 1.29 is 23.9 Å². The normalized spacial score (nSPS) is 49.0. The summed E-state index contributed by atoms with van der Waals surface area (Å²) < 4.78 is 6.31. The summed E-state index contributed by atoms with van der Waals surface area (Å²) in [6.45, 7) is 11.0. The van der Waals surface area contributed by atoms with Crippen LogP contribution in [0.25, 0.3) is 0 Å². The van der Waals surface area contributed by atoms with E-state index in [-0.39, 0.29) is 58.1 Å². The highest BCUT2D eigenvalue weighted by molar-refractivity contribution is 5.93. The highest BCUT2D eigenvalue weighted by Crippen LogP contribution is 2.69. The fourth-order valence-electron chi connectivity index (χ4n) is 12.9. The van der Waals surface area contributed by atoms with Gasteiger partial charge in [-0.3, -0.25) is 19.2 Å². The zero-order valence-electron chi connectivity index (χ0n) is 26.1. The third-order valence-corrected chi connectivity index (χ3v) is 15.3. The molecule has 8 saturated carbocycles. The minimum atomic E-state index is -0.492. The van der Waals surface area contributed by atoms with Crippen LogP contribution in [0.2, 0.25) is 0 Å². The fourth-order valence-corrected chi connectivity index (χ4v) is 12.9. The second-order valence-electron chi connectivity index (χ2n) is 17.2. The SMILES string of the molecule is CC(CCC(=O)OC(C)(C)C12CC3CC(C1)C(C3)C2)C1CCC2C3C(=O)CC4CC(=O)CCC4(C)C3CC(=O)C12C. The van der Waals surface area contributed by atoms with E-state index in [1.54, 1.807) is 0 Å².